The minimum atomic E-state index is 0.132. The number of hydrogen-bond acceptors (Lipinski definition) is 4. The largest absolute Gasteiger partial charge is 0.492 e. The van der Waals surface area contributed by atoms with Crippen LogP contribution in [0.25, 0.3) is 0 Å². The second kappa shape index (κ2) is 8.30. The summed E-state index contributed by atoms with van der Waals surface area (Å²) in [4.78, 5) is 13.5. The van der Waals surface area contributed by atoms with E-state index in [1.807, 2.05) is 24.3 Å². The first kappa shape index (κ1) is 15.4. The highest BCUT2D eigenvalue weighted by atomic mass is 16.5. The molecule has 0 aliphatic carbocycles. The van der Waals surface area contributed by atoms with Gasteiger partial charge in [-0.1, -0.05) is 11.8 Å². The third-order valence-corrected chi connectivity index (χ3v) is 3.27. The Morgan fingerprint density at radius 3 is 2.86 bits per heavy atom. The first-order valence-corrected chi connectivity index (χ1v) is 7.19. The maximum atomic E-state index is 11.2. The molecule has 2 rings (SSSR count). The van der Waals surface area contributed by atoms with E-state index in [9.17, 15) is 4.79 Å². The van der Waals surface area contributed by atoms with E-state index in [-0.39, 0.29) is 5.91 Å². The summed E-state index contributed by atoms with van der Waals surface area (Å²) in [6.07, 6.45) is 0.564. The van der Waals surface area contributed by atoms with Crippen molar-refractivity contribution in [2.75, 3.05) is 39.3 Å². The van der Waals surface area contributed by atoms with E-state index in [4.69, 9.17) is 10.5 Å². The normalized spacial score (nSPS) is 15.6. The fourth-order valence-corrected chi connectivity index (χ4v) is 2.12. The summed E-state index contributed by atoms with van der Waals surface area (Å²) < 4.78 is 5.72. The zero-order chi connectivity index (χ0) is 14.9. The number of nitrogens with two attached hydrogens (primary N) is 1. The van der Waals surface area contributed by atoms with Crippen LogP contribution in [0.3, 0.4) is 0 Å². The zero-order valence-electron chi connectivity index (χ0n) is 12.1. The van der Waals surface area contributed by atoms with Crippen molar-refractivity contribution in [3.8, 4) is 17.6 Å². The number of ether oxygens (including phenoxy) is 1. The number of nitrogens with one attached hydrogen (secondary N) is 1. The van der Waals surface area contributed by atoms with E-state index in [1.165, 1.54) is 0 Å². The standard InChI is InChI=1S/C16H21N3O2/c17-8-1-2-14-3-5-15(6-4-14)21-13-12-19-10-7-16(20)18-9-11-19/h3-6H,7-13,17H2,(H,18,20). The summed E-state index contributed by atoms with van der Waals surface area (Å²) in [6.45, 7) is 4.19. The number of hydrogen-bond donors (Lipinski definition) is 2. The Hall–Kier alpha value is -2.03. The molecule has 0 spiro atoms. The van der Waals surface area contributed by atoms with Crippen LogP contribution in [0.5, 0.6) is 5.75 Å². The van der Waals surface area contributed by atoms with Crippen LogP contribution in [0.15, 0.2) is 24.3 Å². The molecule has 1 fully saturated rings. The lowest BCUT2D eigenvalue weighted by Crippen LogP contribution is -2.32. The molecular formula is C16H21N3O2. The molecule has 21 heavy (non-hydrogen) atoms. The van der Waals surface area contributed by atoms with Crippen LogP contribution in [0.1, 0.15) is 12.0 Å². The molecule has 1 heterocycles. The van der Waals surface area contributed by atoms with Crippen molar-refractivity contribution in [1.29, 1.82) is 0 Å². The Morgan fingerprint density at radius 2 is 2.10 bits per heavy atom. The number of carbonyl (C=O) groups is 1. The Bertz CT molecular complexity index is 517. The molecule has 3 N–H and O–H groups in total. The van der Waals surface area contributed by atoms with Crippen LogP contribution in [-0.2, 0) is 4.79 Å². The molecule has 1 amide bonds. The summed E-state index contributed by atoms with van der Waals surface area (Å²) >= 11 is 0. The van der Waals surface area contributed by atoms with Crippen LogP contribution in [0, 0.1) is 11.8 Å². The van der Waals surface area contributed by atoms with Crippen molar-refractivity contribution >= 4 is 5.91 Å². The van der Waals surface area contributed by atoms with Gasteiger partial charge in [-0.05, 0) is 24.3 Å². The van der Waals surface area contributed by atoms with E-state index in [2.05, 4.69) is 22.1 Å². The lowest BCUT2D eigenvalue weighted by atomic mass is 10.2. The Labute approximate surface area is 125 Å². The topological polar surface area (TPSA) is 67.6 Å². The fourth-order valence-electron chi connectivity index (χ4n) is 2.12. The van der Waals surface area contributed by atoms with Crippen molar-refractivity contribution in [2.45, 2.75) is 6.42 Å². The predicted octanol–water partition coefficient (Wildman–Crippen LogP) is 0.197. The number of amides is 1. The molecule has 1 aromatic rings. The van der Waals surface area contributed by atoms with Gasteiger partial charge in [-0.3, -0.25) is 9.69 Å². The van der Waals surface area contributed by atoms with E-state index < -0.39 is 0 Å². The maximum Gasteiger partial charge on any atom is 0.221 e. The molecule has 5 heteroatoms. The van der Waals surface area contributed by atoms with E-state index >= 15 is 0 Å². The van der Waals surface area contributed by atoms with Gasteiger partial charge in [0, 0.05) is 38.2 Å². The third-order valence-electron chi connectivity index (χ3n) is 3.27. The summed E-state index contributed by atoms with van der Waals surface area (Å²) in [5, 5.41) is 2.86. The quantitative estimate of drug-likeness (QED) is 0.776. The molecule has 0 aromatic heterocycles. The summed E-state index contributed by atoms with van der Waals surface area (Å²) in [6, 6.07) is 7.67. The molecule has 1 saturated heterocycles. The van der Waals surface area contributed by atoms with Gasteiger partial charge in [0.25, 0.3) is 0 Å². The Morgan fingerprint density at radius 1 is 1.29 bits per heavy atom. The molecule has 1 aliphatic rings. The number of benzene rings is 1. The van der Waals surface area contributed by atoms with Gasteiger partial charge in [-0.25, -0.2) is 0 Å². The van der Waals surface area contributed by atoms with Gasteiger partial charge in [0.1, 0.15) is 12.4 Å². The van der Waals surface area contributed by atoms with Crippen molar-refractivity contribution in [3.05, 3.63) is 29.8 Å². The van der Waals surface area contributed by atoms with E-state index in [1.54, 1.807) is 0 Å². The van der Waals surface area contributed by atoms with Gasteiger partial charge in [-0.15, -0.1) is 0 Å². The smallest absolute Gasteiger partial charge is 0.221 e. The molecule has 5 nitrogen and oxygen atoms in total. The SMILES string of the molecule is NCC#Cc1ccc(OCCN2CCNC(=O)CC2)cc1. The molecule has 1 aromatic carbocycles. The Balaban J connectivity index is 1.74. The lowest BCUT2D eigenvalue weighted by molar-refractivity contribution is -0.120. The summed E-state index contributed by atoms with van der Waals surface area (Å²) in [7, 11) is 0. The van der Waals surface area contributed by atoms with Gasteiger partial charge in [0.2, 0.25) is 5.91 Å². The highest BCUT2D eigenvalue weighted by Crippen LogP contribution is 2.11. The van der Waals surface area contributed by atoms with E-state index in [0.29, 0.717) is 26.1 Å². The van der Waals surface area contributed by atoms with Gasteiger partial charge in [-0.2, -0.15) is 0 Å². The highest BCUT2D eigenvalue weighted by molar-refractivity contribution is 5.76. The van der Waals surface area contributed by atoms with Crippen LogP contribution in [0.4, 0.5) is 0 Å². The zero-order valence-corrected chi connectivity index (χ0v) is 12.1. The van der Waals surface area contributed by atoms with Crippen LogP contribution < -0.4 is 15.8 Å². The molecule has 0 bridgehead atoms. The van der Waals surface area contributed by atoms with Gasteiger partial charge in [0.15, 0.2) is 0 Å². The van der Waals surface area contributed by atoms with Crippen molar-refractivity contribution in [2.24, 2.45) is 5.73 Å². The van der Waals surface area contributed by atoms with Crippen molar-refractivity contribution in [1.82, 2.24) is 10.2 Å². The average Bonchev–Trinajstić information content (AvgIpc) is 2.71. The number of carbonyl (C=O) groups excluding carboxylic acids is 1. The average molecular weight is 287 g/mol. The maximum absolute atomic E-state index is 11.2. The fraction of sp³-hybridized carbons (Fsp3) is 0.438. The van der Waals surface area contributed by atoms with Crippen LogP contribution >= 0.6 is 0 Å². The second-order valence-corrected chi connectivity index (χ2v) is 4.82. The number of nitrogens with zero attached hydrogens (tertiary/aromatic N) is 1. The second-order valence-electron chi connectivity index (χ2n) is 4.82. The van der Waals surface area contributed by atoms with E-state index in [0.717, 1.165) is 30.9 Å². The predicted molar refractivity (Wildman–Crippen MR) is 81.9 cm³/mol. The molecule has 0 unspecified atom stereocenters. The van der Waals surface area contributed by atoms with Crippen LogP contribution in [-0.4, -0.2) is 50.1 Å². The van der Waals surface area contributed by atoms with Gasteiger partial charge in [0.05, 0.1) is 6.54 Å². The summed E-state index contributed by atoms with van der Waals surface area (Å²) in [5.41, 5.74) is 6.27. The molecular weight excluding hydrogens is 266 g/mol. The monoisotopic (exact) mass is 287 g/mol. The lowest BCUT2D eigenvalue weighted by Gasteiger charge is -2.18. The van der Waals surface area contributed by atoms with Crippen molar-refractivity contribution in [3.63, 3.8) is 0 Å². The molecule has 0 saturated carbocycles. The van der Waals surface area contributed by atoms with Crippen molar-refractivity contribution < 1.29 is 9.53 Å². The minimum Gasteiger partial charge on any atom is -0.492 e. The Kier molecular flexibility index (Phi) is 6.07. The third kappa shape index (κ3) is 5.46. The first-order valence-electron chi connectivity index (χ1n) is 7.19. The molecule has 1 aliphatic heterocycles. The molecule has 0 atom stereocenters. The van der Waals surface area contributed by atoms with Gasteiger partial charge < -0.3 is 15.8 Å². The number of rotatable bonds is 4. The first-order chi connectivity index (χ1) is 10.3. The highest BCUT2D eigenvalue weighted by Gasteiger charge is 2.12. The summed E-state index contributed by atoms with van der Waals surface area (Å²) in [5.74, 6) is 6.75. The van der Waals surface area contributed by atoms with Gasteiger partial charge >= 0.3 is 0 Å². The molecule has 112 valence electrons. The van der Waals surface area contributed by atoms with Crippen LogP contribution in [0.2, 0.25) is 0 Å². The minimum absolute atomic E-state index is 0.132. The molecule has 0 radical (unpaired) electrons.